The van der Waals surface area contributed by atoms with Gasteiger partial charge in [-0.25, -0.2) is 0 Å². The molecule has 1 saturated heterocycles. The monoisotopic (exact) mass is 321 g/mol. The number of rotatable bonds is 5. The number of fused-ring (bicyclic) bond motifs is 1. The van der Waals surface area contributed by atoms with Crippen LogP contribution in [0, 0.1) is 0 Å². The van der Waals surface area contributed by atoms with Gasteiger partial charge in [0, 0.05) is 0 Å². The number of amides is 1. The molecule has 1 fully saturated rings. The molecule has 2 heterocycles. The minimum Gasteiger partial charge on any atom is -0.486 e. The van der Waals surface area contributed by atoms with Crippen molar-refractivity contribution >= 4 is 5.91 Å². The van der Waals surface area contributed by atoms with E-state index in [1.807, 2.05) is 31.2 Å². The summed E-state index contributed by atoms with van der Waals surface area (Å²) in [5, 5.41) is 3.03. The Balaban J connectivity index is 1.43. The summed E-state index contributed by atoms with van der Waals surface area (Å²) in [5.74, 6) is 1.57. The van der Waals surface area contributed by atoms with Gasteiger partial charge in [0.1, 0.15) is 19.7 Å². The van der Waals surface area contributed by atoms with Crippen LogP contribution in [0.25, 0.3) is 0 Å². The maximum Gasteiger partial charge on any atom is 0.226 e. The highest BCUT2D eigenvalue weighted by atomic mass is 16.6. The smallest absolute Gasteiger partial charge is 0.226 e. The van der Waals surface area contributed by atoms with Crippen LogP contribution < -0.4 is 19.7 Å². The SMILES string of the molecule is C[C@@H](NC(=O)CC[NH+]1CCOCC1)[C@H]1COc2ccccc2O1. The van der Waals surface area contributed by atoms with E-state index in [2.05, 4.69) is 5.32 Å². The van der Waals surface area contributed by atoms with Gasteiger partial charge in [0.2, 0.25) is 5.91 Å². The summed E-state index contributed by atoms with van der Waals surface area (Å²) in [6.45, 7) is 6.82. The average Bonchev–Trinajstić information content (AvgIpc) is 2.60. The van der Waals surface area contributed by atoms with Crippen LogP contribution in [0.1, 0.15) is 13.3 Å². The molecular weight excluding hydrogens is 296 g/mol. The molecule has 23 heavy (non-hydrogen) atoms. The van der Waals surface area contributed by atoms with E-state index in [9.17, 15) is 4.79 Å². The zero-order valence-electron chi connectivity index (χ0n) is 13.5. The number of nitrogens with one attached hydrogen (secondary N) is 2. The van der Waals surface area contributed by atoms with Gasteiger partial charge in [-0.1, -0.05) is 12.1 Å². The van der Waals surface area contributed by atoms with Gasteiger partial charge >= 0.3 is 0 Å². The molecule has 2 atom stereocenters. The quantitative estimate of drug-likeness (QED) is 0.777. The van der Waals surface area contributed by atoms with Gasteiger partial charge in [0.15, 0.2) is 17.6 Å². The number of ether oxygens (including phenoxy) is 3. The molecule has 126 valence electrons. The second-order valence-corrected chi connectivity index (χ2v) is 6.13. The Bertz CT molecular complexity index is 531. The molecule has 1 aromatic carbocycles. The normalized spacial score (nSPS) is 22.4. The Morgan fingerprint density at radius 1 is 1.30 bits per heavy atom. The molecule has 0 radical (unpaired) electrons. The molecule has 6 heteroatoms. The summed E-state index contributed by atoms with van der Waals surface area (Å²) >= 11 is 0. The summed E-state index contributed by atoms with van der Waals surface area (Å²) in [4.78, 5) is 13.6. The molecule has 0 unspecified atom stereocenters. The van der Waals surface area contributed by atoms with Crippen LogP contribution in [0.5, 0.6) is 11.5 Å². The topological polar surface area (TPSA) is 61.2 Å². The minimum atomic E-state index is -0.162. The number of hydrogen-bond donors (Lipinski definition) is 2. The molecular formula is C17H25N2O4+. The number of morpholine rings is 1. The lowest BCUT2D eigenvalue weighted by molar-refractivity contribution is -0.907. The summed E-state index contributed by atoms with van der Waals surface area (Å²) in [7, 11) is 0. The van der Waals surface area contributed by atoms with Crippen molar-refractivity contribution in [2.45, 2.75) is 25.5 Å². The van der Waals surface area contributed by atoms with Gasteiger partial charge in [-0.15, -0.1) is 0 Å². The third-order valence-electron chi connectivity index (χ3n) is 4.38. The van der Waals surface area contributed by atoms with E-state index < -0.39 is 0 Å². The molecule has 0 saturated carbocycles. The van der Waals surface area contributed by atoms with Crippen LogP contribution in [0.2, 0.25) is 0 Å². The molecule has 1 amide bonds. The first-order valence-corrected chi connectivity index (χ1v) is 8.31. The summed E-state index contributed by atoms with van der Waals surface area (Å²) in [6, 6.07) is 7.52. The third kappa shape index (κ3) is 4.36. The summed E-state index contributed by atoms with van der Waals surface area (Å²) in [5.41, 5.74) is 0. The number of benzene rings is 1. The van der Waals surface area contributed by atoms with E-state index in [-0.39, 0.29) is 18.1 Å². The molecule has 2 aliphatic rings. The van der Waals surface area contributed by atoms with Crippen LogP contribution in [0.4, 0.5) is 0 Å². The van der Waals surface area contributed by atoms with Gasteiger partial charge in [0.25, 0.3) is 0 Å². The molecule has 0 spiro atoms. The van der Waals surface area contributed by atoms with Crippen LogP contribution in [-0.4, -0.2) is 57.5 Å². The number of quaternary nitrogens is 1. The minimum absolute atomic E-state index is 0.0685. The van der Waals surface area contributed by atoms with Crippen molar-refractivity contribution in [1.82, 2.24) is 5.32 Å². The fourth-order valence-corrected chi connectivity index (χ4v) is 2.90. The zero-order chi connectivity index (χ0) is 16.1. The lowest BCUT2D eigenvalue weighted by atomic mass is 10.1. The summed E-state index contributed by atoms with van der Waals surface area (Å²) in [6.07, 6.45) is 0.369. The highest BCUT2D eigenvalue weighted by molar-refractivity contribution is 5.76. The van der Waals surface area contributed by atoms with Crippen molar-refractivity contribution in [3.05, 3.63) is 24.3 Å². The molecule has 2 N–H and O–H groups in total. The average molecular weight is 321 g/mol. The van der Waals surface area contributed by atoms with Crippen molar-refractivity contribution in [2.24, 2.45) is 0 Å². The third-order valence-corrected chi connectivity index (χ3v) is 4.38. The second-order valence-electron chi connectivity index (χ2n) is 6.13. The molecule has 2 aliphatic heterocycles. The van der Waals surface area contributed by atoms with E-state index in [1.54, 1.807) is 0 Å². The Kier molecular flexibility index (Phi) is 5.35. The number of carbonyl (C=O) groups is 1. The second kappa shape index (κ2) is 7.66. The Labute approximate surface area is 136 Å². The first-order chi connectivity index (χ1) is 11.2. The Hall–Kier alpha value is -1.79. The highest BCUT2D eigenvalue weighted by Crippen LogP contribution is 2.31. The van der Waals surface area contributed by atoms with Crippen LogP contribution in [0.15, 0.2) is 24.3 Å². The van der Waals surface area contributed by atoms with Crippen LogP contribution in [0.3, 0.4) is 0 Å². The molecule has 0 aliphatic carbocycles. The van der Waals surface area contributed by atoms with Crippen LogP contribution in [-0.2, 0) is 9.53 Å². The predicted molar refractivity (Wildman–Crippen MR) is 85.0 cm³/mol. The van der Waals surface area contributed by atoms with Gasteiger partial charge in [-0.3, -0.25) is 4.79 Å². The number of carbonyl (C=O) groups excluding carboxylic acids is 1. The van der Waals surface area contributed by atoms with Crippen LogP contribution >= 0.6 is 0 Å². The highest BCUT2D eigenvalue weighted by Gasteiger charge is 2.27. The molecule has 0 aromatic heterocycles. The first-order valence-electron chi connectivity index (χ1n) is 8.31. The zero-order valence-corrected chi connectivity index (χ0v) is 13.5. The van der Waals surface area contributed by atoms with Gasteiger partial charge in [-0.05, 0) is 19.1 Å². The van der Waals surface area contributed by atoms with Crippen molar-refractivity contribution in [1.29, 1.82) is 0 Å². The maximum absolute atomic E-state index is 12.1. The first kappa shape index (κ1) is 16.1. The van der Waals surface area contributed by atoms with E-state index >= 15 is 0 Å². The lowest BCUT2D eigenvalue weighted by Gasteiger charge is -2.31. The molecule has 1 aromatic rings. The summed E-state index contributed by atoms with van der Waals surface area (Å²) < 4.78 is 17.0. The van der Waals surface area contributed by atoms with Crippen molar-refractivity contribution < 1.29 is 23.9 Å². The van der Waals surface area contributed by atoms with Gasteiger partial charge in [-0.2, -0.15) is 0 Å². The molecule has 0 bridgehead atoms. The predicted octanol–water partition coefficient (Wildman–Crippen LogP) is -0.364. The standard InChI is InChI=1S/C17H24N2O4/c1-13(16-12-22-14-4-2-3-5-15(14)23-16)18-17(20)6-7-19-8-10-21-11-9-19/h2-5,13,16H,6-12H2,1H3,(H,18,20)/p+1/t13-,16-/m1/s1. The van der Waals surface area contributed by atoms with E-state index in [4.69, 9.17) is 14.2 Å². The Morgan fingerprint density at radius 3 is 2.83 bits per heavy atom. The maximum atomic E-state index is 12.1. The lowest BCUT2D eigenvalue weighted by Crippen LogP contribution is -3.14. The fourth-order valence-electron chi connectivity index (χ4n) is 2.90. The Morgan fingerprint density at radius 2 is 2.04 bits per heavy atom. The fraction of sp³-hybridized carbons (Fsp3) is 0.588. The number of para-hydroxylation sites is 2. The molecule has 3 rings (SSSR count). The van der Waals surface area contributed by atoms with Gasteiger partial charge in [0.05, 0.1) is 32.2 Å². The van der Waals surface area contributed by atoms with E-state index in [1.165, 1.54) is 4.90 Å². The van der Waals surface area contributed by atoms with Crippen molar-refractivity contribution in [2.75, 3.05) is 39.5 Å². The van der Waals surface area contributed by atoms with Gasteiger partial charge < -0.3 is 24.4 Å². The van der Waals surface area contributed by atoms with Crippen molar-refractivity contribution in [3.63, 3.8) is 0 Å². The van der Waals surface area contributed by atoms with E-state index in [0.29, 0.717) is 13.0 Å². The largest absolute Gasteiger partial charge is 0.486 e. The molecule has 6 nitrogen and oxygen atoms in total. The van der Waals surface area contributed by atoms with Crippen molar-refractivity contribution in [3.8, 4) is 11.5 Å². The number of hydrogen-bond acceptors (Lipinski definition) is 4. The van der Waals surface area contributed by atoms with E-state index in [0.717, 1.165) is 44.3 Å².